The third kappa shape index (κ3) is 3.55. The molecule has 0 saturated carbocycles. The van der Waals surface area contributed by atoms with Crippen LogP contribution >= 0.6 is 0 Å². The van der Waals surface area contributed by atoms with Gasteiger partial charge in [0, 0.05) is 11.3 Å². The highest BCUT2D eigenvalue weighted by atomic mass is 16.1. The van der Waals surface area contributed by atoms with Crippen LogP contribution < -0.4 is 5.73 Å². The number of anilines is 1. The molecular weight excluding hydrogens is 234 g/mol. The van der Waals surface area contributed by atoms with E-state index in [9.17, 15) is 4.79 Å². The van der Waals surface area contributed by atoms with E-state index in [1.165, 1.54) is 5.56 Å². The van der Waals surface area contributed by atoms with Crippen LogP contribution in [0.3, 0.4) is 0 Å². The van der Waals surface area contributed by atoms with Crippen LogP contribution in [0.2, 0.25) is 0 Å². The number of nitrogens with two attached hydrogens (primary N) is 1. The van der Waals surface area contributed by atoms with Crippen molar-refractivity contribution < 1.29 is 4.79 Å². The van der Waals surface area contributed by atoms with E-state index < -0.39 is 0 Å². The summed E-state index contributed by atoms with van der Waals surface area (Å²) in [5.41, 5.74) is 9.19. The first-order chi connectivity index (χ1) is 9.19. The molecule has 0 heterocycles. The van der Waals surface area contributed by atoms with Crippen molar-refractivity contribution in [2.45, 2.75) is 13.3 Å². The molecule has 0 aliphatic rings. The summed E-state index contributed by atoms with van der Waals surface area (Å²) < 4.78 is 0. The fourth-order valence-electron chi connectivity index (χ4n) is 1.82. The zero-order valence-electron chi connectivity index (χ0n) is 11.0. The molecule has 0 fully saturated rings. The van der Waals surface area contributed by atoms with Gasteiger partial charge in [-0.1, -0.05) is 49.4 Å². The Labute approximate surface area is 113 Å². The molecule has 0 radical (unpaired) electrons. The Morgan fingerprint density at radius 2 is 1.89 bits per heavy atom. The Morgan fingerprint density at radius 1 is 1.16 bits per heavy atom. The Morgan fingerprint density at radius 3 is 2.53 bits per heavy atom. The highest BCUT2D eigenvalue weighted by Crippen LogP contribution is 2.10. The molecule has 2 nitrogen and oxygen atoms in total. The van der Waals surface area contributed by atoms with Crippen LogP contribution in [0, 0.1) is 0 Å². The summed E-state index contributed by atoms with van der Waals surface area (Å²) in [4.78, 5) is 12.0. The summed E-state index contributed by atoms with van der Waals surface area (Å²) in [6, 6.07) is 15.2. The minimum atomic E-state index is -0.0353. The molecule has 0 amide bonds. The molecule has 96 valence electrons. The molecule has 2 N–H and O–H groups in total. The first-order valence-electron chi connectivity index (χ1n) is 6.36. The lowest BCUT2D eigenvalue weighted by molar-refractivity contribution is 0.104. The SMILES string of the molecule is CCc1ccc(C=CC(=O)c2cccc(N)c2)cc1. The maximum atomic E-state index is 12.0. The van der Waals surface area contributed by atoms with Gasteiger partial charge in [0.1, 0.15) is 0 Å². The van der Waals surface area contributed by atoms with Crippen LogP contribution in [0.4, 0.5) is 5.69 Å². The number of carbonyl (C=O) groups excluding carboxylic acids is 1. The summed E-state index contributed by atoms with van der Waals surface area (Å²) in [6.07, 6.45) is 4.42. The molecule has 2 rings (SSSR count). The van der Waals surface area contributed by atoms with E-state index in [0.717, 1.165) is 12.0 Å². The van der Waals surface area contributed by atoms with Gasteiger partial charge in [0.2, 0.25) is 0 Å². The number of ketones is 1. The number of aryl methyl sites for hydroxylation is 1. The molecule has 2 aromatic rings. The Balaban J connectivity index is 2.11. The van der Waals surface area contributed by atoms with Gasteiger partial charge in [-0.3, -0.25) is 4.79 Å². The van der Waals surface area contributed by atoms with Crippen LogP contribution in [-0.2, 0) is 6.42 Å². The van der Waals surface area contributed by atoms with E-state index in [4.69, 9.17) is 5.73 Å². The van der Waals surface area contributed by atoms with Crippen molar-refractivity contribution in [3.63, 3.8) is 0 Å². The van der Waals surface area contributed by atoms with Gasteiger partial charge in [0.15, 0.2) is 5.78 Å². The van der Waals surface area contributed by atoms with Gasteiger partial charge in [-0.2, -0.15) is 0 Å². The van der Waals surface area contributed by atoms with Gasteiger partial charge < -0.3 is 5.73 Å². The molecule has 0 saturated heterocycles. The van der Waals surface area contributed by atoms with E-state index in [0.29, 0.717) is 11.3 Å². The summed E-state index contributed by atoms with van der Waals surface area (Å²) >= 11 is 0. The molecule has 0 aliphatic heterocycles. The molecule has 2 aromatic carbocycles. The zero-order chi connectivity index (χ0) is 13.7. The largest absolute Gasteiger partial charge is 0.399 e. The van der Waals surface area contributed by atoms with Crippen molar-refractivity contribution in [3.8, 4) is 0 Å². The maximum Gasteiger partial charge on any atom is 0.185 e. The summed E-state index contributed by atoms with van der Waals surface area (Å²) in [7, 11) is 0. The average molecular weight is 251 g/mol. The molecule has 19 heavy (non-hydrogen) atoms. The van der Waals surface area contributed by atoms with Crippen LogP contribution in [-0.4, -0.2) is 5.78 Å². The molecule has 0 aliphatic carbocycles. The van der Waals surface area contributed by atoms with E-state index in [1.54, 1.807) is 30.3 Å². The van der Waals surface area contributed by atoms with Crippen molar-refractivity contribution >= 4 is 17.5 Å². The molecule has 2 heteroatoms. The number of hydrogen-bond donors (Lipinski definition) is 1. The normalized spacial score (nSPS) is 10.8. The van der Waals surface area contributed by atoms with E-state index in [2.05, 4.69) is 19.1 Å². The van der Waals surface area contributed by atoms with Crippen LogP contribution in [0.15, 0.2) is 54.6 Å². The number of benzene rings is 2. The number of rotatable bonds is 4. The molecule has 0 unspecified atom stereocenters. The zero-order valence-corrected chi connectivity index (χ0v) is 11.0. The quantitative estimate of drug-likeness (QED) is 0.511. The van der Waals surface area contributed by atoms with E-state index in [1.807, 2.05) is 18.2 Å². The van der Waals surface area contributed by atoms with Crippen molar-refractivity contribution in [1.29, 1.82) is 0 Å². The Hall–Kier alpha value is -2.35. The number of carbonyl (C=O) groups is 1. The predicted molar refractivity (Wildman–Crippen MR) is 80.0 cm³/mol. The van der Waals surface area contributed by atoms with Gasteiger partial charge in [-0.25, -0.2) is 0 Å². The Kier molecular flexibility index (Phi) is 4.14. The lowest BCUT2D eigenvalue weighted by atomic mass is 10.1. The lowest BCUT2D eigenvalue weighted by Crippen LogP contribution is -1.95. The third-order valence-corrected chi connectivity index (χ3v) is 2.99. The topological polar surface area (TPSA) is 43.1 Å². The summed E-state index contributed by atoms with van der Waals surface area (Å²) in [6.45, 7) is 2.12. The fraction of sp³-hybridized carbons (Fsp3) is 0.118. The number of allylic oxidation sites excluding steroid dienone is 1. The van der Waals surface area contributed by atoms with Crippen molar-refractivity contribution in [1.82, 2.24) is 0 Å². The van der Waals surface area contributed by atoms with E-state index >= 15 is 0 Å². The third-order valence-electron chi connectivity index (χ3n) is 2.99. The fourth-order valence-corrected chi connectivity index (χ4v) is 1.82. The molecular formula is C17H17NO. The smallest absolute Gasteiger partial charge is 0.185 e. The number of hydrogen-bond acceptors (Lipinski definition) is 2. The molecule has 0 aromatic heterocycles. The van der Waals surface area contributed by atoms with Crippen LogP contribution in [0.25, 0.3) is 6.08 Å². The summed E-state index contributed by atoms with van der Waals surface area (Å²) in [5, 5.41) is 0. The Bertz CT molecular complexity index is 597. The average Bonchev–Trinajstić information content (AvgIpc) is 2.45. The highest BCUT2D eigenvalue weighted by molar-refractivity contribution is 6.07. The molecule has 0 spiro atoms. The maximum absolute atomic E-state index is 12.0. The van der Waals surface area contributed by atoms with Gasteiger partial charge in [0.25, 0.3) is 0 Å². The molecule has 0 bridgehead atoms. The first-order valence-corrected chi connectivity index (χ1v) is 6.36. The first kappa shape index (κ1) is 13.1. The predicted octanol–water partition coefficient (Wildman–Crippen LogP) is 3.73. The van der Waals surface area contributed by atoms with Gasteiger partial charge in [-0.15, -0.1) is 0 Å². The summed E-state index contributed by atoms with van der Waals surface area (Å²) in [5.74, 6) is -0.0353. The molecule has 0 atom stereocenters. The van der Waals surface area contributed by atoms with Crippen LogP contribution in [0.5, 0.6) is 0 Å². The monoisotopic (exact) mass is 251 g/mol. The number of nitrogen functional groups attached to an aromatic ring is 1. The van der Waals surface area contributed by atoms with Crippen molar-refractivity contribution in [2.24, 2.45) is 0 Å². The highest BCUT2D eigenvalue weighted by Gasteiger charge is 2.01. The second-order valence-corrected chi connectivity index (χ2v) is 4.42. The second-order valence-electron chi connectivity index (χ2n) is 4.42. The van der Waals surface area contributed by atoms with Crippen molar-refractivity contribution in [2.75, 3.05) is 5.73 Å². The lowest BCUT2D eigenvalue weighted by Gasteiger charge is -1.99. The van der Waals surface area contributed by atoms with Gasteiger partial charge >= 0.3 is 0 Å². The van der Waals surface area contributed by atoms with Gasteiger partial charge in [0.05, 0.1) is 0 Å². The standard InChI is InChI=1S/C17H17NO/c1-2-13-6-8-14(9-7-13)10-11-17(19)15-4-3-5-16(18)12-15/h3-12H,2,18H2,1H3. The minimum absolute atomic E-state index is 0.0353. The second kappa shape index (κ2) is 6.01. The van der Waals surface area contributed by atoms with Crippen molar-refractivity contribution in [3.05, 3.63) is 71.3 Å². The van der Waals surface area contributed by atoms with E-state index in [-0.39, 0.29) is 5.78 Å². The van der Waals surface area contributed by atoms with Gasteiger partial charge in [-0.05, 0) is 35.8 Å². The minimum Gasteiger partial charge on any atom is -0.399 e. The van der Waals surface area contributed by atoms with Crippen LogP contribution in [0.1, 0.15) is 28.4 Å².